The van der Waals surface area contributed by atoms with Crippen molar-refractivity contribution >= 4 is 21.5 Å². The van der Waals surface area contributed by atoms with E-state index in [0.29, 0.717) is 5.69 Å². The normalized spacial score (nSPS) is 11.5. The first-order valence-electron chi connectivity index (χ1n) is 5.69. The van der Waals surface area contributed by atoms with Gasteiger partial charge in [0.25, 0.3) is 10.0 Å². The number of nitrogens with one attached hydrogen (secondary N) is 1. The molecule has 0 saturated heterocycles. The Bertz CT molecular complexity index is 719. The smallest absolute Gasteiger partial charge is 0.267 e. The van der Waals surface area contributed by atoms with Crippen LogP contribution >= 0.6 is 0 Å². The van der Waals surface area contributed by atoms with E-state index in [2.05, 4.69) is 9.82 Å². The maximum absolute atomic E-state index is 12.3. The molecule has 3 N–H and O–H groups in total. The maximum Gasteiger partial charge on any atom is 0.267 e. The van der Waals surface area contributed by atoms with Gasteiger partial charge in [-0.1, -0.05) is 12.1 Å². The number of anilines is 2. The monoisotopic (exact) mass is 280 g/mol. The predicted octanol–water partition coefficient (Wildman–Crippen LogP) is 1.42. The third-order valence-electron chi connectivity index (χ3n) is 2.96. The molecule has 0 bridgehead atoms. The second-order valence-electron chi connectivity index (χ2n) is 4.41. The van der Waals surface area contributed by atoms with E-state index < -0.39 is 10.0 Å². The lowest BCUT2D eigenvalue weighted by Crippen LogP contribution is -2.14. The van der Waals surface area contributed by atoms with Gasteiger partial charge < -0.3 is 5.73 Å². The minimum atomic E-state index is -3.72. The summed E-state index contributed by atoms with van der Waals surface area (Å²) in [6.45, 7) is 3.78. The molecule has 19 heavy (non-hydrogen) atoms. The molecule has 0 aliphatic rings. The minimum Gasteiger partial charge on any atom is -0.381 e. The highest BCUT2D eigenvalue weighted by molar-refractivity contribution is 7.92. The van der Waals surface area contributed by atoms with E-state index in [0.717, 1.165) is 11.1 Å². The standard InChI is InChI=1S/C12H16N4O2S/c1-8-5-4-6-10(9(8)2)15-19(17,18)11-7-16(3)14-12(11)13/h4-7,15H,1-3H3,(H2,13,14). The number of nitrogen functional groups attached to an aromatic ring is 1. The second kappa shape index (κ2) is 4.58. The van der Waals surface area contributed by atoms with E-state index in [-0.39, 0.29) is 10.7 Å². The first-order chi connectivity index (χ1) is 8.81. The van der Waals surface area contributed by atoms with Crippen LogP contribution in [-0.4, -0.2) is 18.2 Å². The number of aryl methyl sites for hydroxylation is 2. The first kappa shape index (κ1) is 13.4. The lowest BCUT2D eigenvalue weighted by Gasteiger charge is -2.11. The average molecular weight is 280 g/mol. The molecule has 0 saturated carbocycles. The lowest BCUT2D eigenvalue weighted by atomic mass is 10.1. The molecule has 2 rings (SSSR count). The van der Waals surface area contributed by atoms with Crippen molar-refractivity contribution in [3.63, 3.8) is 0 Å². The Balaban J connectivity index is 2.42. The van der Waals surface area contributed by atoms with Crippen molar-refractivity contribution in [3.05, 3.63) is 35.5 Å². The van der Waals surface area contributed by atoms with Crippen LogP contribution in [0.1, 0.15) is 11.1 Å². The van der Waals surface area contributed by atoms with Crippen molar-refractivity contribution < 1.29 is 8.42 Å². The number of hydrogen-bond donors (Lipinski definition) is 2. The Labute approximate surface area is 112 Å². The molecule has 0 unspecified atom stereocenters. The molecular weight excluding hydrogens is 264 g/mol. The van der Waals surface area contributed by atoms with Crippen LogP contribution in [0.5, 0.6) is 0 Å². The molecule has 0 spiro atoms. The number of sulfonamides is 1. The molecule has 1 aromatic heterocycles. The molecule has 0 fully saturated rings. The van der Waals surface area contributed by atoms with Gasteiger partial charge in [0.05, 0.1) is 5.69 Å². The molecule has 102 valence electrons. The van der Waals surface area contributed by atoms with E-state index in [1.807, 2.05) is 19.9 Å². The number of nitrogens with zero attached hydrogens (tertiary/aromatic N) is 2. The van der Waals surface area contributed by atoms with E-state index >= 15 is 0 Å². The van der Waals surface area contributed by atoms with Gasteiger partial charge in [-0.05, 0) is 31.0 Å². The van der Waals surface area contributed by atoms with Gasteiger partial charge in [0, 0.05) is 13.2 Å². The van der Waals surface area contributed by atoms with Gasteiger partial charge in [-0.25, -0.2) is 8.42 Å². The van der Waals surface area contributed by atoms with Gasteiger partial charge >= 0.3 is 0 Å². The van der Waals surface area contributed by atoms with Crippen molar-refractivity contribution in [2.75, 3.05) is 10.5 Å². The molecule has 0 aliphatic carbocycles. The fourth-order valence-corrected chi connectivity index (χ4v) is 2.98. The second-order valence-corrected chi connectivity index (χ2v) is 6.06. The fourth-order valence-electron chi connectivity index (χ4n) is 1.75. The molecular formula is C12H16N4O2S. The van der Waals surface area contributed by atoms with E-state index in [1.165, 1.54) is 10.9 Å². The van der Waals surface area contributed by atoms with Gasteiger partial charge in [0.15, 0.2) is 5.82 Å². The largest absolute Gasteiger partial charge is 0.381 e. The highest BCUT2D eigenvalue weighted by atomic mass is 32.2. The molecule has 1 heterocycles. The third kappa shape index (κ3) is 2.55. The van der Waals surface area contributed by atoms with Crippen LogP contribution in [0.3, 0.4) is 0 Å². The summed E-state index contributed by atoms with van der Waals surface area (Å²) in [6.07, 6.45) is 1.38. The van der Waals surface area contributed by atoms with E-state index in [9.17, 15) is 8.42 Å². The van der Waals surface area contributed by atoms with Crippen molar-refractivity contribution in [2.45, 2.75) is 18.7 Å². The van der Waals surface area contributed by atoms with Crippen LogP contribution in [-0.2, 0) is 17.1 Å². The summed E-state index contributed by atoms with van der Waals surface area (Å²) in [5, 5.41) is 3.83. The summed E-state index contributed by atoms with van der Waals surface area (Å²) in [5.74, 6) is -0.0136. The van der Waals surface area contributed by atoms with Gasteiger partial charge in [-0.2, -0.15) is 5.10 Å². The van der Waals surface area contributed by atoms with Crippen molar-refractivity contribution in [3.8, 4) is 0 Å². The summed E-state index contributed by atoms with van der Waals surface area (Å²) < 4.78 is 28.4. The average Bonchev–Trinajstić information content (AvgIpc) is 2.65. The highest BCUT2D eigenvalue weighted by Crippen LogP contribution is 2.23. The first-order valence-corrected chi connectivity index (χ1v) is 7.18. The molecule has 0 aliphatic heterocycles. The maximum atomic E-state index is 12.3. The molecule has 0 atom stereocenters. The van der Waals surface area contributed by atoms with Crippen LogP contribution in [0.25, 0.3) is 0 Å². The number of aromatic nitrogens is 2. The van der Waals surface area contributed by atoms with Gasteiger partial charge in [-0.15, -0.1) is 0 Å². The quantitative estimate of drug-likeness (QED) is 0.889. The van der Waals surface area contributed by atoms with Crippen LogP contribution in [0, 0.1) is 13.8 Å². The van der Waals surface area contributed by atoms with Crippen molar-refractivity contribution in [1.29, 1.82) is 0 Å². The SMILES string of the molecule is Cc1cccc(NS(=O)(=O)c2cn(C)nc2N)c1C. The Hall–Kier alpha value is -2.02. The molecule has 7 heteroatoms. The fraction of sp³-hybridized carbons (Fsp3) is 0.250. The van der Waals surface area contributed by atoms with Gasteiger partial charge in [0.1, 0.15) is 4.90 Å². The number of hydrogen-bond acceptors (Lipinski definition) is 4. The molecule has 0 amide bonds. The Morgan fingerprint density at radius 1 is 1.32 bits per heavy atom. The van der Waals surface area contributed by atoms with E-state index in [4.69, 9.17) is 5.73 Å². The topological polar surface area (TPSA) is 90.0 Å². The lowest BCUT2D eigenvalue weighted by molar-refractivity contribution is 0.601. The molecule has 2 aromatic rings. The summed E-state index contributed by atoms with van der Waals surface area (Å²) in [6, 6.07) is 5.44. The van der Waals surface area contributed by atoms with Crippen molar-refractivity contribution in [2.24, 2.45) is 7.05 Å². The third-order valence-corrected chi connectivity index (χ3v) is 4.34. The zero-order valence-corrected chi connectivity index (χ0v) is 11.8. The highest BCUT2D eigenvalue weighted by Gasteiger charge is 2.21. The number of nitrogens with two attached hydrogens (primary N) is 1. The van der Waals surface area contributed by atoms with Gasteiger partial charge in [0.2, 0.25) is 0 Å². The number of benzene rings is 1. The summed E-state index contributed by atoms with van der Waals surface area (Å²) in [7, 11) is -2.10. The molecule has 1 aromatic carbocycles. The zero-order chi connectivity index (χ0) is 14.2. The van der Waals surface area contributed by atoms with Crippen LogP contribution in [0.2, 0.25) is 0 Å². The minimum absolute atomic E-state index is 0.0136. The van der Waals surface area contributed by atoms with Crippen molar-refractivity contribution in [1.82, 2.24) is 9.78 Å². The number of rotatable bonds is 3. The zero-order valence-electron chi connectivity index (χ0n) is 11.0. The van der Waals surface area contributed by atoms with Crippen LogP contribution in [0.4, 0.5) is 11.5 Å². The van der Waals surface area contributed by atoms with Crippen LogP contribution < -0.4 is 10.5 Å². The molecule has 6 nitrogen and oxygen atoms in total. The van der Waals surface area contributed by atoms with E-state index in [1.54, 1.807) is 19.2 Å². The summed E-state index contributed by atoms with van der Waals surface area (Å²) in [4.78, 5) is -0.0177. The molecule has 0 radical (unpaired) electrons. The van der Waals surface area contributed by atoms with Gasteiger partial charge in [-0.3, -0.25) is 9.40 Å². The summed E-state index contributed by atoms with van der Waals surface area (Å²) >= 11 is 0. The Kier molecular flexibility index (Phi) is 3.23. The Morgan fingerprint density at radius 2 is 2.00 bits per heavy atom. The predicted molar refractivity (Wildman–Crippen MR) is 74.3 cm³/mol. The summed E-state index contributed by atoms with van der Waals surface area (Å²) in [5.41, 5.74) is 8.04. The van der Waals surface area contributed by atoms with Crippen LogP contribution in [0.15, 0.2) is 29.3 Å². The Morgan fingerprint density at radius 3 is 2.58 bits per heavy atom.